The van der Waals surface area contributed by atoms with Crippen LogP contribution >= 0.6 is 11.8 Å². The van der Waals surface area contributed by atoms with Gasteiger partial charge in [-0.05, 0) is 38.0 Å². The zero-order valence-corrected chi connectivity index (χ0v) is 20.5. The number of aliphatic hydroxyl groups excluding tert-OH is 1. The summed E-state index contributed by atoms with van der Waals surface area (Å²) in [6.45, 7) is 6.51. The van der Waals surface area contributed by atoms with Crippen molar-refractivity contribution in [3.63, 3.8) is 0 Å². The fourth-order valence-corrected chi connectivity index (χ4v) is 9.17. The average molecular weight is 466 g/mol. The molecule has 1 spiro atoms. The summed E-state index contributed by atoms with van der Waals surface area (Å²) in [5.74, 6) is -1.00. The molecule has 3 amide bonds. The number of hydrogen-bond donors (Lipinski definition) is 3. The molecule has 3 heterocycles. The average Bonchev–Trinajstić information content (AvgIpc) is 3.38. The molecule has 0 aromatic rings. The van der Waals surface area contributed by atoms with Crippen LogP contribution in [0.1, 0.15) is 72.1 Å². The van der Waals surface area contributed by atoms with Crippen LogP contribution in [-0.2, 0) is 14.4 Å². The molecule has 4 fully saturated rings. The second-order valence-electron chi connectivity index (χ2n) is 10.2. The number of rotatable bonds is 8. The molecule has 3 N–H and O–H groups in total. The fourth-order valence-electron chi connectivity index (χ4n) is 6.76. The third kappa shape index (κ3) is 3.65. The van der Waals surface area contributed by atoms with E-state index in [2.05, 4.69) is 17.6 Å². The van der Waals surface area contributed by atoms with E-state index in [0.29, 0.717) is 13.0 Å². The lowest BCUT2D eigenvalue weighted by molar-refractivity contribution is -0.143. The lowest BCUT2D eigenvalue weighted by Gasteiger charge is -2.40. The van der Waals surface area contributed by atoms with Crippen LogP contribution in [0.2, 0.25) is 0 Å². The van der Waals surface area contributed by atoms with Crippen molar-refractivity contribution in [2.45, 2.75) is 100 Å². The molecule has 2 bridgehead atoms. The number of carbonyl (C=O) groups is 3. The zero-order chi connectivity index (χ0) is 23.0. The second-order valence-corrected chi connectivity index (χ2v) is 11.7. The first-order valence-corrected chi connectivity index (χ1v) is 13.5. The van der Waals surface area contributed by atoms with Gasteiger partial charge in [0.2, 0.25) is 17.7 Å². The lowest BCUT2D eigenvalue weighted by Crippen LogP contribution is -2.59. The van der Waals surface area contributed by atoms with Gasteiger partial charge in [-0.25, -0.2) is 0 Å². The highest BCUT2D eigenvalue weighted by Crippen LogP contribution is 2.68. The van der Waals surface area contributed by atoms with Crippen LogP contribution in [-0.4, -0.2) is 69.0 Å². The maximum atomic E-state index is 13.9. The van der Waals surface area contributed by atoms with Crippen molar-refractivity contribution in [3.8, 4) is 0 Å². The first-order valence-electron chi connectivity index (χ1n) is 12.6. The van der Waals surface area contributed by atoms with Crippen molar-refractivity contribution in [2.24, 2.45) is 17.8 Å². The van der Waals surface area contributed by atoms with Gasteiger partial charge in [0.25, 0.3) is 0 Å². The summed E-state index contributed by atoms with van der Waals surface area (Å²) < 4.78 is -0.600. The largest absolute Gasteiger partial charge is 0.394 e. The van der Waals surface area contributed by atoms with Gasteiger partial charge in [-0.15, -0.1) is 11.8 Å². The minimum atomic E-state index is -0.631. The van der Waals surface area contributed by atoms with Gasteiger partial charge in [-0.3, -0.25) is 14.4 Å². The molecule has 32 heavy (non-hydrogen) atoms. The van der Waals surface area contributed by atoms with E-state index >= 15 is 0 Å². The summed E-state index contributed by atoms with van der Waals surface area (Å²) in [5.41, 5.74) is 0. The Labute approximate surface area is 195 Å². The van der Waals surface area contributed by atoms with Crippen LogP contribution in [0.4, 0.5) is 0 Å². The summed E-state index contributed by atoms with van der Waals surface area (Å²) in [6, 6.07) is -0.885. The Hall–Kier alpha value is -1.28. The first-order chi connectivity index (χ1) is 15.4. The number of amides is 3. The Kier molecular flexibility index (Phi) is 7.11. The SMILES string of the molecule is CCCNC(=O)[C@@H]1[C@@H]2CC(C)C3(S2)C(C(=O)NC2CCCCC2)N([C@@H](CC)CO)C(=O)[C@H]13. The Morgan fingerprint density at radius 3 is 2.56 bits per heavy atom. The number of carbonyl (C=O) groups excluding carboxylic acids is 3. The van der Waals surface area contributed by atoms with Crippen molar-refractivity contribution in [1.82, 2.24) is 15.5 Å². The topological polar surface area (TPSA) is 98.7 Å². The summed E-state index contributed by atoms with van der Waals surface area (Å²) in [5, 5.41) is 16.5. The lowest BCUT2D eigenvalue weighted by atomic mass is 9.65. The molecule has 3 saturated heterocycles. The van der Waals surface area contributed by atoms with E-state index in [1.165, 1.54) is 6.42 Å². The molecule has 0 radical (unpaired) electrons. The van der Waals surface area contributed by atoms with Crippen molar-refractivity contribution >= 4 is 29.5 Å². The predicted octanol–water partition coefficient (Wildman–Crippen LogP) is 2.07. The highest BCUT2D eigenvalue weighted by molar-refractivity contribution is 8.02. The van der Waals surface area contributed by atoms with Crippen LogP contribution in [0.3, 0.4) is 0 Å². The molecular weight excluding hydrogens is 426 g/mol. The molecule has 1 saturated carbocycles. The van der Waals surface area contributed by atoms with Gasteiger partial charge in [-0.2, -0.15) is 0 Å². The molecule has 1 aliphatic carbocycles. The smallest absolute Gasteiger partial charge is 0.244 e. The summed E-state index contributed by atoms with van der Waals surface area (Å²) >= 11 is 1.71. The molecule has 3 unspecified atom stereocenters. The quantitative estimate of drug-likeness (QED) is 0.510. The van der Waals surface area contributed by atoms with Crippen LogP contribution in [0.25, 0.3) is 0 Å². The van der Waals surface area contributed by atoms with Crippen LogP contribution < -0.4 is 10.6 Å². The van der Waals surface area contributed by atoms with Gasteiger partial charge in [0.15, 0.2) is 0 Å². The van der Waals surface area contributed by atoms with Crippen LogP contribution in [0.5, 0.6) is 0 Å². The second kappa shape index (κ2) is 9.53. The van der Waals surface area contributed by atoms with Crippen molar-refractivity contribution in [1.29, 1.82) is 0 Å². The maximum Gasteiger partial charge on any atom is 0.244 e. The number of aliphatic hydroxyl groups is 1. The maximum absolute atomic E-state index is 13.9. The zero-order valence-electron chi connectivity index (χ0n) is 19.6. The van der Waals surface area contributed by atoms with Crippen molar-refractivity contribution in [2.75, 3.05) is 13.2 Å². The minimum absolute atomic E-state index is 0.0539. The molecule has 180 valence electrons. The predicted molar refractivity (Wildman–Crippen MR) is 125 cm³/mol. The standard InChI is InChI=1S/C24H39N3O4S/c1-4-11-25-21(29)18-17-12-14(3)24(32-17)19(18)23(31)27(16(5-2)13-28)20(24)22(30)26-15-9-7-6-8-10-15/h14-20,28H,4-13H2,1-3H3,(H,25,29)(H,26,30)/t14?,16-,17-,18+,19-,20?,24?/m0/s1. The Balaban J connectivity index is 1.70. The number of thioether (sulfide) groups is 1. The van der Waals surface area contributed by atoms with Gasteiger partial charge < -0.3 is 20.6 Å². The number of nitrogens with one attached hydrogen (secondary N) is 2. The molecule has 0 aromatic carbocycles. The minimum Gasteiger partial charge on any atom is -0.394 e. The molecule has 0 aromatic heterocycles. The van der Waals surface area contributed by atoms with E-state index in [-0.39, 0.29) is 41.5 Å². The van der Waals surface area contributed by atoms with Gasteiger partial charge in [0, 0.05) is 17.8 Å². The van der Waals surface area contributed by atoms with E-state index in [9.17, 15) is 19.5 Å². The molecule has 7 atom stereocenters. The van der Waals surface area contributed by atoms with E-state index in [0.717, 1.165) is 38.5 Å². The number of hydrogen-bond acceptors (Lipinski definition) is 5. The van der Waals surface area contributed by atoms with E-state index in [4.69, 9.17) is 0 Å². The first kappa shape index (κ1) is 23.9. The normalized spacial score (nSPS) is 37.4. The van der Waals surface area contributed by atoms with E-state index < -0.39 is 28.7 Å². The Morgan fingerprint density at radius 1 is 1.22 bits per heavy atom. The number of likely N-dealkylation sites (tertiary alicyclic amines) is 1. The summed E-state index contributed by atoms with van der Waals surface area (Å²) in [7, 11) is 0. The number of fused-ring (bicyclic) bond motifs is 1. The molecule has 8 heteroatoms. The van der Waals surface area contributed by atoms with Gasteiger partial charge >= 0.3 is 0 Å². The summed E-state index contributed by atoms with van der Waals surface area (Å²) in [4.78, 5) is 42.6. The highest BCUT2D eigenvalue weighted by Gasteiger charge is 2.76. The third-order valence-electron chi connectivity index (χ3n) is 8.31. The van der Waals surface area contributed by atoms with E-state index in [1.54, 1.807) is 16.7 Å². The Morgan fingerprint density at radius 2 is 1.94 bits per heavy atom. The van der Waals surface area contributed by atoms with Gasteiger partial charge in [-0.1, -0.05) is 40.0 Å². The molecule has 7 nitrogen and oxygen atoms in total. The monoisotopic (exact) mass is 465 g/mol. The van der Waals surface area contributed by atoms with Gasteiger partial charge in [0.1, 0.15) is 6.04 Å². The Bertz CT molecular complexity index is 739. The van der Waals surface area contributed by atoms with Crippen molar-refractivity contribution in [3.05, 3.63) is 0 Å². The van der Waals surface area contributed by atoms with Gasteiger partial charge in [0.05, 0.1) is 29.2 Å². The molecular formula is C24H39N3O4S. The summed E-state index contributed by atoms with van der Waals surface area (Å²) in [6.07, 6.45) is 7.67. The van der Waals surface area contributed by atoms with Crippen LogP contribution in [0.15, 0.2) is 0 Å². The third-order valence-corrected chi connectivity index (χ3v) is 10.4. The van der Waals surface area contributed by atoms with E-state index in [1.807, 2.05) is 13.8 Å². The molecule has 3 aliphatic heterocycles. The molecule has 4 aliphatic rings. The fraction of sp³-hybridized carbons (Fsp3) is 0.875. The molecule has 4 rings (SSSR count). The highest BCUT2D eigenvalue weighted by atomic mass is 32.2. The van der Waals surface area contributed by atoms with Crippen LogP contribution in [0, 0.1) is 17.8 Å². The van der Waals surface area contributed by atoms with Crippen molar-refractivity contribution < 1.29 is 19.5 Å². The number of nitrogens with zero attached hydrogens (tertiary/aromatic N) is 1.